The fourth-order valence-corrected chi connectivity index (χ4v) is 3.58. The van der Waals surface area contributed by atoms with Crippen LogP contribution in [-0.2, 0) is 11.8 Å². The molecule has 0 aliphatic rings. The summed E-state index contributed by atoms with van der Waals surface area (Å²) in [6.07, 6.45) is 6.39. The van der Waals surface area contributed by atoms with Crippen molar-refractivity contribution in [2.24, 2.45) is 5.41 Å². The SMILES string of the molecule is CCCCC(CC)(CBr)Cc1ccc(C(C)(C)C)cc1. The Bertz CT molecular complexity index is 379. The van der Waals surface area contributed by atoms with Gasteiger partial charge in [-0.3, -0.25) is 0 Å². The number of benzene rings is 1. The molecule has 0 N–H and O–H groups in total. The van der Waals surface area contributed by atoms with Crippen LogP contribution in [-0.4, -0.2) is 5.33 Å². The highest BCUT2D eigenvalue weighted by Gasteiger charge is 2.26. The van der Waals surface area contributed by atoms with Crippen LogP contribution in [0.3, 0.4) is 0 Å². The number of halogens is 1. The Hall–Kier alpha value is -0.300. The summed E-state index contributed by atoms with van der Waals surface area (Å²) in [4.78, 5) is 0. The molecule has 0 radical (unpaired) electrons. The third kappa shape index (κ3) is 4.91. The van der Waals surface area contributed by atoms with E-state index in [1.807, 2.05) is 0 Å². The van der Waals surface area contributed by atoms with Crippen LogP contribution < -0.4 is 0 Å². The molecule has 0 aliphatic carbocycles. The van der Waals surface area contributed by atoms with E-state index in [0.29, 0.717) is 5.41 Å². The molecule has 1 unspecified atom stereocenters. The maximum atomic E-state index is 3.77. The Balaban J connectivity index is 2.84. The number of rotatable bonds is 7. The van der Waals surface area contributed by atoms with Crippen LogP contribution in [0.4, 0.5) is 0 Å². The van der Waals surface area contributed by atoms with Gasteiger partial charge < -0.3 is 0 Å². The van der Waals surface area contributed by atoms with Crippen molar-refractivity contribution in [3.63, 3.8) is 0 Å². The first kappa shape index (κ1) is 17.8. The van der Waals surface area contributed by atoms with Crippen LogP contribution in [0.25, 0.3) is 0 Å². The second-order valence-electron chi connectivity index (χ2n) is 7.21. The van der Waals surface area contributed by atoms with Crippen molar-refractivity contribution in [2.75, 3.05) is 5.33 Å². The van der Waals surface area contributed by atoms with Gasteiger partial charge in [0, 0.05) is 5.33 Å². The summed E-state index contributed by atoms with van der Waals surface area (Å²) in [6.45, 7) is 11.4. The standard InChI is InChI=1S/C19H31Br/c1-6-8-13-19(7-2,15-20)14-16-9-11-17(12-10-16)18(3,4)5/h9-12H,6-8,13-15H2,1-5H3. The molecule has 20 heavy (non-hydrogen) atoms. The zero-order valence-corrected chi connectivity index (χ0v) is 15.5. The van der Waals surface area contributed by atoms with Crippen molar-refractivity contribution >= 4 is 15.9 Å². The fraction of sp³-hybridized carbons (Fsp3) is 0.684. The van der Waals surface area contributed by atoms with E-state index in [1.54, 1.807) is 0 Å². The molecule has 1 rings (SSSR count). The predicted octanol–water partition coefficient (Wildman–Crippen LogP) is 6.51. The molecule has 1 atom stereocenters. The summed E-state index contributed by atoms with van der Waals surface area (Å²) in [5.41, 5.74) is 3.59. The van der Waals surface area contributed by atoms with Gasteiger partial charge in [0.1, 0.15) is 0 Å². The number of alkyl halides is 1. The van der Waals surface area contributed by atoms with Gasteiger partial charge in [-0.25, -0.2) is 0 Å². The van der Waals surface area contributed by atoms with E-state index in [1.165, 1.54) is 43.2 Å². The average molecular weight is 339 g/mol. The van der Waals surface area contributed by atoms with Crippen molar-refractivity contribution < 1.29 is 0 Å². The fourth-order valence-electron chi connectivity index (χ4n) is 2.71. The van der Waals surface area contributed by atoms with Crippen molar-refractivity contribution in [1.82, 2.24) is 0 Å². The monoisotopic (exact) mass is 338 g/mol. The van der Waals surface area contributed by atoms with E-state index in [0.717, 1.165) is 5.33 Å². The number of unbranched alkanes of at least 4 members (excludes halogenated alkanes) is 1. The lowest BCUT2D eigenvalue weighted by atomic mass is 9.76. The molecule has 0 spiro atoms. The Morgan fingerprint density at radius 3 is 2.00 bits per heavy atom. The van der Waals surface area contributed by atoms with Gasteiger partial charge in [0.15, 0.2) is 0 Å². The summed E-state index contributed by atoms with van der Waals surface area (Å²) < 4.78 is 0. The summed E-state index contributed by atoms with van der Waals surface area (Å²) >= 11 is 3.77. The van der Waals surface area contributed by atoms with E-state index in [4.69, 9.17) is 0 Å². The van der Waals surface area contributed by atoms with E-state index in [2.05, 4.69) is 74.8 Å². The van der Waals surface area contributed by atoms with Crippen LogP contribution in [0.15, 0.2) is 24.3 Å². The molecule has 0 fully saturated rings. The lowest BCUT2D eigenvalue weighted by Crippen LogP contribution is -2.25. The molecule has 114 valence electrons. The molecule has 0 aliphatic heterocycles. The van der Waals surface area contributed by atoms with Gasteiger partial charge in [-0.05, 0) is 41.2 Å². The zero-order valence-electron chi connectivity index (χ0n) is 13.9. The molecule has 1 aromatic carbocycles. The maximum Gasteiger partial charge on any atom is 0.00910 e. The van der Waals surface area contributed by atoms with Gasteiger partial charge in [0.05, 0.1) is 0 Å². The van der Waals surface area contributed by atoms with Crippen molar-refractivity contribution in [1.29, 1.82) is 0 Å². The molecule has 0 bridgehead atoms. The predicted molar refractivity (Wildman–Crippen MR) is 94.9 cm³/mol. The topological polar surface area (TPSA) is 0 Å². The molecule has 1 aromatic rings. The minimum atomic E-state index is 0.248. The van der Waals surface area contributed by atoms with Crippen molar-refractivity contribution in [3.8, 4) is 0 Å². The highest BCUT2D eigenvalue weighted by molar-refractivity contribution is 9.09. The third-order valence-corrected chi connectivity index (χ3v) is 5.68. The van der Waals surface area contributed by atoms with Crippen LogP contribution in [0, 0.1) is 5.41 Å². The van der Waals surface area contributed by atoms with Gasteiger partial charge in [-0.15, -0.1) is 0 Å². The molecular weight excluding hydrogens is 308 g/mol. The van der Waals surface area contributed by atoms with Crippen LogP contribution >= 0.6 is 15.9 Å². The Kier molecular flexibility index (Phi) is 6.78. The van der Waals surface area contributed by atoms with Crippen molar-refractivity contribution in [3.05, 3.63) is 35.4 Å². The quantitative estimate of drug-likeness (QED) is 0.497. The Morgan fingerprint density at radius 1 is 1.00 bits per heavy atom. The smallest absolute Gasteiger partial charge is 0.00910 e. The maximum absolute atomic E-state index is 3.77. The second kappa shape index (κ2) is 7.64. The number of hydrogen-bond donors (Lipinski definition) is 0. The van der Waals surface area contributed by atoms with E-state index >= 15 is 0 Å². The molecule has 1 heteroatoms. The Labute approximate surface area is 134 Å². The summed E-state index contributed by atoms with van der Waals surface area (Å²) in [5.74, 6) is 0. The van der Waals surface area contributed by atoms with E-state index in [-0.39, 0.29) is 5.41 Å². The highest BCUT2D eigenvalue weighted by Crippen LogP contribution is 2.35. The molecule has 0 heterocycles. The second-order valence-corrected chi connectivity index (χ2v) is 7.78. The molecule has 0 saturated carbocycles. The molecule has 0 aromatic heterocycles. The molecular formula is C19H31Br. The first-order valence-corrected chi connectivity index (χ1v) is 9.14. The first-order valence-electron chi connectivity index (χ1n) is 8.02. The minimum Gasteiger partial charge on any atom is -0.0922 e. The van der Waals surface area contributed by atoms with E-state index < -0.39 is 0 Å². The van der Waals surface area contributed by atoms with Crippen LogP contribution in [0.5, 0.6) is 0 Å². The van der Waals surface area contributed by atoms with Gasteiger partial charge in [-0.2, -0.15) is 0 Å². The highest BCUT2D eigenvalue weighted by atomic mass is 79.9. The minimum absolute atomic E-state index is 0.248. The Morgan fingerprint density at radius 2 is 1.60 bits per heavy atom. The number of hydrogen-bond acceptors (Lipinski definition) is 0. The third-order valence-electron chi connectivity index (χ3n) is 4.49. The lowest BCUT2D eigenvalue weighted by molar-refractivity contribution is 0.284. The normalized spacial score (nSPS) is 15.1. The summed E-state index contributed by atoms with van der Waals surface area (Å²) in [6, 6.07) is 9.28. The van der Waals surface area contributed by atoms with Crippen LogP contribution in [0.1, 0.15) is 71.4 Å². The molecule has 0 nitrogen and oxygen atoms in total. The van der Waals surface area contributed by atoms with Gasteiger partial charge in [0.25, 0.3) is 0 Å². The lowest BCUT2D eigenvalue weighted by Gasteiger charge is -2.31. The van der Waals surface area contributed by atoms with Crippen molar-refractivity contribution in [2.45, 2.75) is 72.1 Å². The first-order chi connectivity index (χ1) is 9.37. The molecule has 0 amide bonds. The summed E-state index contributed by atoms with van der Waals surface area (Å²) in [7, 11) is 0. The van der Waals surface area contributed by atoms with E-state index in [9.17, 15) is 0 Å². The van der Waals surface area contributed by atoms with Gasteiger partial charge >= 0.3 is 0 Å². The zero-order chi connectivity index (χ0) is 15.2. The summed E-state index contributed by atoms with van der Waals surface area (Å²) in [5, 5.41) is 1.11. The van der Waals surface area contributed by atoms with Gasteiger partial charge in [-0.1, -0.05) is 87.7 Å². The van der Waals surface area contributed by atoms with Gasteiger partial charge in [0.2, 0.25) is 0 Å². The largest absolute Gasteiger partial charge is 0.0922 e. The van der Waals surface area contributed by atoms with Crippen LogP contribution in [0.2, 0.25) is 0 Å². The molecule has 0 saturated heterocycles. The average Bonchev–Trinajstić information content (AvgIpc) is 2.43.